The Hall–Kier alpha value is -0.930. The zero-order valence-corrected chi connectivity index (χ0v) is 19.6. The minimum Gasteiger partial charge on any atom is -0.460 e. The second-order valence-corrected chi connectivity index (χ2v) is 8.93. The van der Waals surface area contributed by atoms with E-state index >= 15 is 0 Å². The van der Waals surface area contributed by atoms with E-state index in [1.807, 2.05) is 0 Å². The van der Waals surface area contributed by atoms with Gasteiger partial charge in [0.1, 0.15) is 49.3 Å². The lowest BCUT2D eigenvalue weighted by Crippen LogP contribution is -2.62. The van der Waals surface area contributed by atoms with Crippen LogP contribution in [0.2, 0.25) is 0 Å². The third-order valence-electron chi connectivity index (χ3n) is 6.27. The van der Waals surface area contributed by atoms with Gasteiger partial charge < -0.3 is 54.7 Å². The van der Waals surface area contributed by atoms with E-state index in [1.54, 1.807) is 0 Å². The van der Waals surface area contributed by atoms with E-state index in [-0.39, 0.29) is 6.42 Å². The Kier molecular flexibility index (Phi) is 12.0. The molecule has 200 valence electrons. The average Bonchev–Trinajstić information content (AvgIpc) is 3.07. The number of unbranched alkanes of at least 4 members (excludes halogenated alkanes) is 6. The maximum atomic E-state index is 12.3. The summed E-state index contributed by atoms with van der Waals surface area (Å²) in [6, 6.07) is 0. The highest BCUT2D eigenvalue weighted by Gasteiger charge is 2.59. The summed E-state index contributed by atoms with van der Waals surface area (Å²) in [6.07, 6.45) is -5.79. The minimum absolute atomic E-state index is 0.117. The van der Waals surface area contributed by atoms with Crippen molar-refractivity contribution in [3.63, 3.8) is 0 Å². The number of carbonyl (C=O) groups excluding carboxylic acids is 1. The summed E-state index contributed by atoms with van der Waals surface area (Å²) in [4.78, 5) is 12.3. The molecule has 0 saturated carbocycles. The molecule has 2 aliphatic heterocycles. The molecule has 12 heteroatoms. The van der Waals surface area contributed by atoms with Crippen molar-refractivity contribution in [3.05, 3.63) is 0 Å². The van der Waals surface area contributed by atoms with Crippen LogP contribution in [0.5, 0.6) is 0 Å². The van der Waals surface area contributed by atoms with Gasteiger partial charge >= 0.3 is 5.97 Å². The van der Waals surface area contributed by atoms with E-state index in [1.165, 1.54) is 6.42 Å². The molecule has 7 N–H and O–H groups in total. The SMILES string of the molecule is CCCCCCCCCC(=O)OC[C@@]1(O[C@@H]2O[C@H](CO)[C@@H](O)[C@@H](O)[C@H]2O)O[C@H](CO)[C@H](O)[C@@H]1O. The molecular formula is C22H40O12. The predicted octanol–water partition coefficient (Wildman–Crippen LogP) is -1.70. The van der Waals surface area contributed by atoms with Crippen molar-refractivity contribution in [2.45, 2.75) is 113 Å². The van der Waals surface area contributed by atoms with E-state index in [0.29, 0.717) is 6.42 Å². The molecule has 0 aromatic rings. The molecule has 0 aliphatic carbocycles. The first-order valence-electron chi connectivity index (χ1n) is 12.0. The van der Waals surface area contributed by atoms with Crippen molar-refractivity contribution in [1.82, 2.24) is 0 Å². The van der Waals surface area contributed by atoms with Crippen LogP contribution in [0.4, 0.5) is 0 Å². The van der Waals surface area contributed by atoms with E-state index < -0.39 is 80.6 Å². The van der Waals surface area contributed by atoms with Crippen LogP contribution < -0.4 is 0 Å². The van der Waals surface area contributed by atoms with Crippen LogP contribution in [-0.2, 0) is 23.7 Å². The lowest BCUT2D eigenvalue weighted by Gasteiger charge is -2.43. The molecule has 0 unspecified atom stereocenters. The van der Waals surface area contributed by atoms with Gasteiger partial charge in [-0.05, 0) is 6.42 Å². The number of aliphatic hydroxyl groups is 7. The summed E-state index contributed by atoms with van der Waals surface area (Å²) in [6.45, 7) is 0.0312. The third kappa shape index (κ3) is 7.29. The highest BCUT2D eigenvalue weighted by Crippen LogP contribution is 2.36. The number of carbonyl (C=O) groups is 1. The van der Waals surface area contributed by atoms with Gasteiger partial charge in [0.15, 0.2) is 6.29 Å². The normalized spacial score (nSPS) is 38.2. The van der Waals surface area contributed by atoms with Crippen LogP contribution in [0.25, 0.3) is 0 Å². The molecule has 0 radical (unpaired) electrons. The van der Waals surface area contributed by atoms with Crippen molar-refractivity contribution in [1.29, 1.82) is 0 Å². The van der Waals surface area contributed by atoms with Gasteiger partial charge in [-0.15, -0.1) is 0 Å². The number of aliphatic hydroxyl groups excluding tert-OH is 7. The molecule has 12 nitrogen and oxygen atoms in total. The summed E-state index contributed by atoms with van der Waals surface area (Å²) >= 11 is 0. The van der Waals surface area contributed by atoms with Crippen LogP contribution in [-0.4, -0.2) is 116 Å². The molecule has 2 heterocycles. The van der Waals surface area contributed by atoms with E-state index in [0.717, 1.165) is 32.1 Å². The Labute approximate surface area is 199 Å². The standard InChI is InChI=1S/C22H40O12/c1-2-3-4-5-6-7-8-9-15(25)31-12-22(20(30)17(27)14(11-24)33-22)34-21-19(29)18(28)16(26)13(10-23)32-21/h13-14,16-21,23-24,26-30H,2-12H2,1H3/t13-,14-,16-,17+,18-,19-,20+,21+,22+/m1/s1. The topological polar surface area (TPSA) is 196 Å². The van der Waals surface area contributed by atoms with Crippen LogP contribution in [0.15, 0.2) is 0 Å². The molecule has 2 rings (SSSR count). The summed E-state index contributed by atoms with van der Waals surface area (Å²) in [5, 5.41) is 69.8. The van der Waals surface area contributed by atoms with Gasteiger partial charge in [-0.2, -0.15) is 0 Å². The van der Waals surface area contributed by atoms with Gasteiger partial charge in [0.2, 0.25) is 5.79 Å². The van der Waals surface area contributed by atoms with Crippen molar-refractivity contribution < 1.29 is 59.5 Å². The fourth-order valence-electron chi connectivity index (χ4n) is 4.10. The van der Waals surface area contributed by atoms with E-state index in [2.05, 4.69) is 6.92 Å². The van der Waals surface area contributed by atoms with Crippen molar-refractivity contribution in [3.8, 4) is 0 Å². The molecule has 0 spiro atoms. The van der Waals surface area contributed by atoms with Crippen LogP contribution in [0.1, 0.15) is 58.3 Å². The largest absolute Gasteiger partial charge is 0.460 e. The Balaban J connectivity index is 2.00. The smallest absolute Gasteiger partial charge is 0.305 e. The van der Waals surface area contributed by atoms with Crippen LogP contribution in [0.3, 0.4) is 0 Å². The molecule has 2 fully saturated rings. The summed E-state index contributed by atoms with van der Waals surface area (Å²) < 4.78 is 21.6. The fraction of sp³-hybridized carbons (Fsp3) is 0.955. The number of hydrogen-bond acceptors (Lipinski definition) is 12. The number of esters is 1. The maximum Gasteiger partial charge on any atom is 0.305 e. The van der Waals surface area contributed by atoms with Gasteiger partial charge in [0.25, 0.3) is 0 Å². The molecule has 0 bridgehead atoms. The highest BCUT2D eigenvalue weighted by molar-refractivity contribution is 5.69. The van der Waals surface area contributed by atoms with E-state index in [9.17, 15) is 40.5 Å². The van der Waals surface area contributed by atoms with E-state index in [4.69, 9.17) is 18.9 Å². The zero-order chi connectivity index (χ0) is 25.3. The molecule has 0 amide bonds. The lowest BCUT2D eigenvalue weighted by atomic mass is 9.99. The quantitative estimate of drug-likeness (QED) is 0.106. The Bertz CT molecular complexity index is 604. The number of ether oxygens (including phenoxy) is 4. The molecule has 0 aromatic heterocycles. The summed E-state index contributed by atoms with van der Waals surface area (Å²) in [7, 11) is 0. The summed E-state index contributed by atoms with van der Waals surface area (Å²) in [5.74, 6) is -2.83. The predicted molar refractivity (Wildman–Crippen MR) is 115 cm³/mol. The second-order valence-electron chi connectivity index (χ2n) is 8.93. The highest BCUT2D eigenvalue weighted by atomic mass is 16.8. The van der Waals surface area contributed by atoms with Gasteiger partial charge in [-0.1, -0.05) is 45.4 Å². The Morgan fingerprint density at radius 2 is 1.44 bits per heavy atom. The maximum absolute atomic E-state index is 12.3. The first-order chi connectivity index (χ1) is 16.2. The Morgan fingerprint density at radius 1 is 0.824 bits per heavy atom. The van der Waals surface area contributed by atoms with Crippen molar-refractivity contribution in [2.75, 3.05) is 19.8 Å². The van der Waals surface area contributed by atoms with Crippen LogP contribution in [0, 0.1) is 0 Å². The molecule has 34 heavy (non-hydrogen) atoms. The molecule has 0 aromatic carbocycles. The van der Waals surface area contributed by atoms with Gasteiger partial charge in [0, 0.05) is 6.42 Å². The van der Waals surface area contributed by atoms with Crippen molar-refractivity contribution in [2.24, 2.45) is 0 Å². The van der Waals surface area contributed by atoms with Gasteiger partial charge in [-0.3, -0.25) is 4.79 Å². The second kappa shape index (κ2) is 14.0. The fourth-order valence-corrected chi connectivity index (χ4v) is 4.10. The third-order valence-corrected chi connectivity index (χ3v) is 6.27. The minimum atomic E-state index is -2.24. The molecule has 9 atom stereocenters. The number of rotatable bonds is 14. The number of hydrogen-bond donors (Lipinski definition) is 7. The molecular weight excluding hydrogens is 456 g/mol. The Morgan fingerprint density at radius 3 is 2.03 bits per heavy atom. The van der Waals surface area contributed by atoms with Gasteiger partial charge in [0.05, 0.1) is 13.2 Å². The first kappa shape index (κ1) is 29.3. The average molecular weight is 497 g/mol. The monoisotopic (exact) mass is 496 g/mol. The zero-order valence-electron chi connectivity index (χ0n) is 19.6. The van der Waals surface area contributed by atoms with Gasteiger partial charge in [-0.25, -0.2) is 0 Å². The first-order valence-corrected chi connectivity index (χ1v) is 12.0. The van der Waals surface area contributed by atoms with Crippen LogP contribution >= 0.6 is 0 Å². The van der Waals surface area contributed by atoms with Crippen molar-refractivity contribution >= 4 is 5.97 Å². The summed E-state index contributed by atoms with van der Waals surface area (Å²) in [5.41, 5.74) is 0. The lowest BCUT2D eigenvalue weighted by molar-refractivity contribution is -0.383. The molecule has 2 aliphatic rings. The molecule has 2 saturated heterocycles.